The van der Waals surface area contributed by atoms with Crippen molar-refractivity contribution in [1.29, 1.82) is 0 Å². The molecule has 1 aromatic carbocycles. The summed E-state index contributed by atoms with van der Waals surface area (Å²) in [5.74, 6) is 0. The Hall–Kier alpha value is -1.94. The van der Waals surface area contributed by atoms with Gasteiger partial charge >= 0.3 is 0 Å². The largest absolute Gasteiger partial charge is 0.340 e. The number of aryl methyl sites for hydroxylation is 1. The van der Waals surface area contributed by atoms with Crippen LogP contribution in [0.5, 0.6) is 0 Å². The SMILES string of the molecule is C=O.CN(C)C.Cn1cnc(-c2ccccc2)c1. The molecule has 0 aliphatic carbocycles. The predicted octanol–water partition coefficient (Wildman–Crippen LogP) is 2.08. The molecule has 0 spiro atoms. The second-order valence-corrected chi connectivity index (χ2v) is 4.13. The van der Waals surface area contributed by atoms with Gasteiger partial charge in [0.1, 0.15) is 6.79 Å². The first kappa shape index (κ1) is 16.1. The van der Waals surface area contributed by atoms with Crippen molar-refractivity contribution in [1.82, 2.24) is 14.5 Å². The molecule has 0 aliphatic rings. The average Bonchev–Trinajstić information content (AvgIpc) is 2.79. The Labute approximate surface area is 109 Å². The molecule has 0 N–H and O–H groups in total. The maximum Gasteiger partial charge on any atom is 0.106 e. The minimum Gasteiger partial charge on any atom is -0.340 e. The van der Waals surface area contributed by atoms with Gasteiger partial charge in [0.15, 0.2) is 0 Å². The van der Waals surface area contributed by atoms with Crippen molar-refractivity contribution >= 4 is 6.79 Å². The van der Waals surface area contributed by atoms with Crippen molar-refractivity contribution < 1.29 is 4.79 Å². The Balaban J connectivity index is 0.000000415. The van der Waals surface area contributed by atoms with Gasteiger partial charge in [-0.1, -0.05) is 30.3 Å². The number of rotatable bonds is 1. The first-order valence-electron chi connectivity index (χ1n) is 5.53. The Morgan fingerprint density at radius 2 is 1.61 bits per heavy atom. The number of carbonyl (C=O) groups excluding carboxylic acids is 1. The van der Waals surface area contributed by atoms with Gasteiger partial charge in [-0.2, -0.15) is 0 Å². The van der Waals surface area contributed by atoms with Crippen molar-refractivity contribution in [2.24, 2.45) is 7.05 Å². The van der Waals surface area contributed by atoms with Gasteiger partial charge in [-0.3, -0.25) is 0 Å². The molecular weight excluding hydrogens is 226 g/mol. The summed E-state index contributed by atoms with van der Waals surface area (Å²) < 4.78 is 1.95. The first-order chi connectivity index (χ1) is 8.59. The molecule has 0 atom stereocenters. The minimum absolute atomic E-state index is 1.03. The number of benzene rings is 1. The third kappa shape index (κ3) is 6.60. The highest BCUT2D eigenvalue weighted by Crippen LogP contribution is 2.14. The molecule has 1 aromatic heterocycles. The zero-order valence-corrected chi connectivity index (χ0v) is 11.5. The molecule has 0 bridgehead atoms. The van der Waals surface area contributed by atoms with Crippen LogP contribution < -0.4 is 0 Å². The van der Waals surface area contributed by atoms with Crippen molar-refractivity contribution in [2.45, 2.75) is 0 Å². The van der Waals surface area contributed by atoms with Crippen LogP contribution in [0.3, 0.4) is 0 Å². The summed E-state index contributed by atoms with van der Waals surface area (Å²) in [5, 5.41) is 0. The van der Waals surface area contributed by atoms with Crippen LogP contribution in [0.2, 0.25) is 0 Å². The number of hydrogen-bond donors (Lipinski definition) is 0. The molecule has 0 aliphatic heterocycles. The van der Waals surface area contributed by atoms with E-state index in [1.807, 2.05) is 75.2 Å². The number of aromatic nitrogens is 2. The van der Waals surface area contributed by atoms with E-state index in [1.165, 1.54) is 0 Å². The molecular formula is C14H21N3O. The number of nitrogens with zero attached hydrogens (tertiary/aromatic N) is 3. The molecule has 1 heterocycles. The van der Waals surface area contributed by atoms with E-state index in [-0.39, 0.29) is 0 Å². The topological polar surface area (TPSA) is 38.1 Å². The molecule has 2 aromatic rings. The number of imidazole rings is 1. The lowest BCUT2D eigenvalue weighted by Crippen LogP contribution is -1.99. The van der Waals surface area contributed by atoms with Crippen LogP contribution in [0.1, 0.15) is 0 Å². The van der Waals surface area contributed by atoms with Crippen molar-refractivity contribution in [3.63, 3.8) is 0 Å². The second-order valence-electron chi connectivity index (χ2n) is 4.13. The Morgan fingerprint density at radius 1 is 1.11 bits per heavy atom. The van der Waals surface area contributed by atoms with Crippen LogP contribution in [-0.2, 0) is 11.8 Å². The van der Waals surface area contributed by atoms with Crippen LogP contribution in [0, 0.1) is 0 Å². The third-order valence-electron chi connectivity index (χ3n) is 1.77. The van der Waals surface area contributed by atoms with Crippen LogP contribution in [0.4, 0.5) is 0 Å². The highest BCUT2D eigenvalue weighted by molar-refractivity contribution is 5.57. The van der Waals surface area contributed by atoms with Gasteiger partial charge in [-0.05, 0) is 21.1 Å². The third-order valence-corrected chi connectivity index (χ3v) is 1.77. The molecule has 2 rings (SSSR count). The summed E-state index contributed by atoms with van der Waals surface area (Å²) in [7, 11) is 7.97. The highest BCUT2D eigenvalue weighted by atomic mass is 16.1. The fourth-order valence-electron chi connectivity index (χ4n) is 1.17. The van der Waals surface area contributed by atoms with E-state index < -0.39 is 0 Å². The average molecular weight is 247 g/mol. The van der Waals surface area contributed by atoms with E-state index in [4.69, 9.17) is 4.79 Å². The van der Waals surface area contributed by atoms with Crippen molar-refractivity contribution in [3.05, 3.63) is 42.9 Å². The smallest absolute Gasteiger partial charge is 0.106 e. The van der Waals surface area contributed by atoms with Gasteiger partial charge < -0.3 is 14.3 Å². The fraction of sp³-hybridized carbons (Fsp3) is 0.286. The van der Waals surface area contributed by atoms with Gasteiger partial charge in [0.2, 0.25) is 0 Å². The van der Waals surface area contributed by atoms with E-state index >= 15 is 0 Å². The van der Waals surface area contributed by atoms with Crippen molar-refractivity contribution in [3.8, 4) is 11.3 Å². The summed E-state index contributed by atoms with van der Waals surface area (Å²) in [5.41, 5.74) is 2.19. The summed E-state index contributed by atoms with van der Waals surface area (Å²) in [6.07, 6.45) is 3.82. The molecule has 4 heteroatoms. The summed E-state index contributed by atoms with van der Waals surface area (Å²) >= 11 is 0. The monoisotopic (exact) mass is 247 g/mol. The zero-order chi connectivity index (χ0) is 14.0. The molecule has 4 nitrogen and oxygen atoms in total. The van der Waals surface area contributed by atoms with E-state index in [0.717, 1.165) is 11.3 Å². The number of hydrogen-bond acceptors (Lipinski definition) is 3. The Kier molecular flexibility index (Phi) is 8.14. The van der Waals surface area contributed by atoms with E-state index in [1.54, 1.807) is 0 Å². The molecule has 0 fully saturated rings. The van der Waals surface area contributed by atoms with Crippen LogP contribution in [0.25, 0.3) is 11.3 Å². The molecule has 0 amide bonds. The maximum atomic E-state index is 8.00. The minimum atomic E-state index is 1.03. The molecule has 0 saturated heterocycles. The van der Waals surface area contributed by atoms with Gasteiger partial charge in [0.25, 0.3) is 0 Å². The second kappa shape index (κ2) is 9.13. The standard InChI is InChI=1S/C10H10N2.C3H9N.CH2O/c1-12-7-10(11-8-12)9-5-3-2-4-6-9;1-4(2)3;1-2/h2-8H,1H3;1-3H3;1H2. The molecule has 98 valence electrons. The van der Waals surface area contributed by atoms with E-state index in [0.29, 0.717) is 0 Å². The molecule has 0 radical (unpaired) electrons. The Bertz CT molecular complexity index is 421. The van der Waals surface area contributed by atoms with Gasteiger partial charge in [-0.15, -0.1) is 0 Å². The van der Waals surface area contributed by atoms with Crippen LogP contribution in [0.15, 0.2) is 42.9 Å². The first-order valence-corrected chi connectivity index (χ1v) is 5.53. The van der Waals surface area contributed by atoms with Crippen LogP contribution >= 0.6 is 0 Å². The van der Waals surface area contributed by atoms with Gasteiger partial charge in [0.05, 0.1) is 12.0 Å². The summed E-state index contributed by atoms with van der Waals surface area (Å²) in [6, 6.07) is 10.2. The lowest BCUT2D eigenvalue weighted by Gasteiger charge is -1.92. The van der Waals surface area contributed by atoms with Crippen LogP contribution in [-0.4, -0.2) is 42.4 Å². The summed E-state index contributed by atoms with van der Waals surface area (Å²) in [6.45, 7) is 2.00. The highest BCUT2D eigenvalue weighted by Gasteiger charge is 1.97. The zero-order valence-electron chi connectivity index (χ0n) is 11.5. The lowest BCUT2D eigenvalue weighted by atomic mass is 10.2. The van der Waals surface area contributed by atoms with Gasteiger partial charge in [0, 0.05) is 18.8 Å². The maximum absolute atomic E-state index is 8.00. The van der Waals surface area contributed by atoms with E-state index in [2.05, 4.69) is 17.1 Å². The number of carbonyl (C=O) groups is 1. The lowest BCUT2D eigenvalue weighted by molar-refractivity contribution is -0.0979. The molecule has 18 heavy (non-hydrogen) atoms. The predicted molar refractivity (Wildman–Crippen MR) is 75.4 cm³/mol. The quantitative estimate of drug-likeness (QED) is 0.774. The van der Waals surface area contributed by atoms with Gasteiger partial charge in [-0.25, -0.2) is 4.98 Å². The normalized spacial score (nSPS) is 8.94. The fourth-order valence-corrected chi connectivity index (χ4v) is 1.17. The molecule has 0 saturated carbocycles. The van der Waals surface area contributed by atoms with Crippen molar-refractivity contribution in [2.75, 3.05) is 21.1 Å². The van der Waals surface area contributed by atoms with E-state index in [9.17, 15) is 0 Å². The summed E-state index contributed by atoms with van der Waals surface area (Å²) in [4.78, 5) is 14.2. The molecule has 0 unspecified atom stereocenters. The Morgan fingerprint density at radius 3 is 2.00 bits per heavy atom.